The first-order valence-corrected chi connectivity index (χ1v) is 9.20. The molecular formula is C22H21N3O4. The van der Waals surface area contributed by atoms with E-state index in [0.717, 1.165) is 27.8 Å². The van der Waals surface area contributed by atoms with Gasteiger partial charge in [0.05, 0.1) is 7.11 Å². The molecule has 4 rings (SSSR count). The summed E-state index contributed by atoms with van der Waals surface area (Å²) in [4.78, 5) is 24.3. The van der Waals surface area contributed by atoms with Gasteiger partial charge in [-0.1, -0.05) is 30.3 Å². The van der Waals surface area contributed by atoms with E-state index in [1.54, 1.807) is 7.11 Å². The molecule has 0 bridgehead atoms. The van der Waals surface area contributed by atoms with Crippen LogP contribution < -0.4 is 4.74 Å². The van der Waals surface area contributed by atoms with E-state index in [0.29, 0.717) is 5.69 Å². The Morgan fingerprint density at radius 1 is 1.03 bits per heavy atom. The predicted molar refractivity (Wildman–Crippen MR) is 109 cm³/mol. The Kier molecular flexibility index (Phi) is 4.58. The van der Waals surface area contributed by atoms with Crippen molar-refractivity contribution in [3.8, 4) is 5.75 Å². The first kappa shape index (κ1) is 18.7. The highest BCUT2D eigenvalue weighted by atomic mass is 16.5. The summed E-state index contributed by atoms with van der Waals surface area (Å²) in [7, 11) is 3.50. The molecule has 1 unspecified atom stereocenters. The van der Waals surface area contributed by atoms with Crippen molar-refractivity contribution in [2.24, 2.45) is 12.1 Å². The zero-order valence-corrected chi connectivity index (χ0v) is 16.7. The molecule has 2 aromatic carbocycles. The summed E-state index contributed by atoms with van der Waals surface area (Å²) in [5.41, 5.74) is 3.39. The summed E-state index contributed by atoms with van der Waals surface area (Å²) in [6, 6.07) is 15.0. The fourth-order valence-electron chi connectivity index (χ4n) is 3.83. The maximum atomic E-state index is 12.5. The van der Waals surface area contributed by atoms with Crippen LogP contribution in [0.3, 0.4) is 0 Å². The van der Waals surface area contributed by atoms with Crippen LogP contribution in [0.25, 0.3) is 10.9 Å². The first-order chi connectivity index (χ1) is 13.9. The van der Waals surface area contributed by atoms with Gasteiger partial charge in [-0.3, -0.25) is 9.59 Å². The molecule has 0 aliphatic carbocycles. The number of hydrogen-bond acceptors (Lipinski definition) is 5. The monoisotopic (exact) mass is 391 g/mol. The number of amides is 1. The lowest BCUT2D eigenvalue weighted by Crippen LogP contribution is -2.36. The maximum Gasteiger partial charge on any atom is 0.309 e. The highest BCUT2D eigenvalue weighted by Crippen LogP contribution is 2.41. The van der Waals surface area contributed by atoms with Crippen molar-refractivity contribution >= 4 is 28.7 Å². The van der Waals surface area contributed by atoms with Gasteiger partial charge < -0.3 is 14.0 Å². The Morgan fingerprint density at radius 2 is 1.72 bits per heavy atom. The molecule has 0 radical (unpaired) electrons. The number of carbonyl (C=O) groups is 2. The lowest BCUT2D eigenvalue weighted by molar-refractivity contribution is -0.135. The molecule has 3 aromatic rings. The topological polar surface area (TPSA) is 73.1 Å². The molecule has 1 atom stereocenters. The van der Waals surface area contributed by atoms with Crippen LogP contribution in [-0.2, 0) is 21.4 Å². The molecule has 1 aromatic heterocycles. The van der Waals surface area contributed by atoms with Gasteiger partial charge in [-0.25, -0.2) is 5.01 Å². The van der Waals surface area contributed by atoms with Crippen LogP contribution in [0.5, 0.6) is 5.75 Å². The molecule has 7 heteroatoms. The molecule has 1 aliphatic heterocycles. The third-order valence-corrected chi connectivity index (χ3v) is 5.06. The second-order valence-corrected chi connectivity index (χ2v) is 6.88. The van der Waals surface area contributed by atoms with Crippen molar-refractivity contribution in [3.63, 3.8) is 0 Å². The molecule has 29 heavy (non-hydrogen) atoms. The number of aromatic nitrogens is 1. The average Bonchev–Trinajstić information content (AvgIpc) is 3.01. The fraction of sp³-hybridized carbons (Fsp3) is 0.227. The second kappa shape index (κ2) is 7.09. The maximum absolute atomic E-state index is 12.5. The van der Waals surface area contributed by atoms with Crippen LogP contribution in [0.2, 0.25) is 0 Å². The second-order valence-electron chi connectivity index (χ2n) is 6.88. The summed E-state index contributed by atoms with van der Waals surface area (Å²) in [6.45, 7) is 2.76. The van der Waals surface area contributed by atoms with Gasteiger partial charge in [0.15, 0.2) is 0 Å². The zero-order valence-electron chi connectivity index (χ0n) is 16.7. The van der Waals surface area contributed by atoms with Gasteiger partial charge in [-0.15, -0.1) is 5.10 Å². The Morgan fingerprint density at radius 3 is 2.34 bits per heavy atom. The smallest absolute Gasteiger partial charge is 0.309 e. The van der Waals surface area contributed by atoms with Crippen molar-refractivity contribution in [2.75, 3.05) is 7.11 Å². The van der Waals surface area contributed by atoms with Crippen molar-refractivity contribution < 1.29 is 19.1 Å². The number of rotatable bonds is 2. The number of aryl methyl sites for hydroxylation is 1. The van der Waals surface area contributed by atoms with Gasteiger partial charge in [-0.2, -0.15) is 0 Å². The van der Waals surface area contributed by atoms with E-state index >= 15 is 0 Å². The highest BCUT2D eigenvalue weighted by Gasteiger charge is 2.38. The number of hydrogen-bond donors (Lipinski definition) is 0. The molecule has 0 saturated heterocycles. The van der Waals surface area contributed by atoms with Gasteiger partial charge in [0.2, 0.25) is 5.91 Å². The molecule has 1 aliphatic rings. The Labute approximate surface area is 168 Å². The van der Waals surface area contributed by atoms with Crippen LogP contribution in [-0.4, -0.2) is 34.5 Å². The minimum atomic E-state index is -0.494. The largest absolute Gasteiger partial charge is 0.497 e. The van der Waals surface area contributed by atoms with Crippen LogP contribution >= 0.6 is 0 Å². The van der Waals surface area contributed by atoms with Crippen molar-refractivity contribution in [2.45, 2.75) is 19.9 Å². The number of benzene rings is 2. The summed E-state index contributed by atoms with van der Waals surface area (Å²) >= 11 is 0. The number of carbonyl (C=O) groups excluding carboxylic acids is 2. The molecule has 0 spiro atoms. The number of methoxy groups -OCH3 is 1. The van der Waals surface area contributed by atoms with Gasteiger partial charge in [-0.05, 0) is 23.8 Å². The SMILES string of the molecule is COc1ccc(C2c3c(n(C)c4ccccc34)C(OC(C)=O)=NN2C(C)=O)cc1. The lowest BCUT2D eigenvalue weighted by Gasteiger charge is -2.32. The minimum absolute atomic E-state index is 0.117. The number of hydrazone groups is 1. The molecule has 0 N–H and O–H groups in total. The van der Waals surface area contributed by atoms with Crippen LogP contribution in [0.15, 0.2) is 53.6 Å². The molecule has 148 valence electrons. The molecule has 2 heterocycles. The van der Waals surface area contributed by atoms with Crippen LogP contribution in [0.1, 0.15) is 36.7 Å². The molecular weight excluding hydrogens is 370 g/mol. The first-order valence-electron chi connectivity index (χ1n) is 9.20. The summed E-state index contributed by atoms with van der Waals surface area (Å²) in [5.74, 6) is 0.0905. The predicted octanol–water partition coefficient (Wildman–Crippen LogP) is 3.36. The van der Waals surface area contributed by atoms with E-state index in [4.69, 9.17) is 9.47 Å². The van der Waals surface area contributed by atoms with Crippen molar-refractivity contribution in [1.82, 2.24) is 9.58 Å². The van der Waals surface area contributed by atoms with Gasteiger partial charge in [0.25, 0.3) is 5.90 Å². The highest BCUT2D eigenvalue weighted by molar-refractivity contribution is 6.07. The Bertz CT molecular complexity index is 1140. The van der Waals surface area contributed by atoms with E-state index in [1.165, 1.54) is 18.9 Å². The normalized spacial score (nSPS) is 15.7. The van der Waals surface area contributed by atoms with E-state index in [2.05, 4.69) is 5.10 Å². The van der Waals surface area contributed by atoms with E-state index in [9.17, 15) is 9.59 Å². The molecule has 7 nitrogen and oxygen atoms in total. The quantitative estimate of drug-likeness (QED) is 0.628. The third-order valence-electron chi connectivity index (χ3n) is 5.06. The van der Waals surface area contributed by atoms with Crippen LogP contribution in [0.4, 0.5) is 0 Å². The van der Waals surface area contributed by atoms with Crippen LogP contribution in [0, 0.1) is 0 Å². The minimum Gasteiger partial charge on any atom is -0.497 e. The molecule has 0 saturated carbocycles. The molecule has 0 fully saturated rings. The summed E-state index contributed by atoms with van der Waals surface area (Å²) < 4.78 is 12.6. The number of ether oxygens (including phenoxy) is 2. The summed E-state index contributed by atoms with van der Waals surface area (Å²) in [6.07, 6.45) is 0. The lowest BCUT2D eigenvalue weighted by atomic mass is 9.94. The van der Waals surface area contributed by atoms with Crippen molar-refractivity contribution in [3.05, 3.63) is 65.4 Å². The fourth-order valence-corrected chi connectivity index (χ4v) is 3.83. The Hall–Kier alpha value is -3.61. The van der Waals surface area contributed by atoms with Crippen molar-refractivity contribution in [1.29, 1.82) is 0 Å². The average molecular weight is 391 g/mol. The summed E-state index contributed by atoms with van der Waals surface area (Å²) in [5, 5.41) is 6.76. The molecule has 1 amide bonds. The van der Waals surface area contributed by atoms with Gasteiger partial charge in [0, 0.05) is 37.4 Å². The number of nitrogens with zero attached hydrogens (tertiary/aromatic N) is 3. The number of fused-ring (bicyclic) bond motifs is 3. The zero-order chi connectivity index (χ0) is 20.7. The Balaban J connectivity index is 2.02. The van der Waals surface area contributed by atoms with E-state index in [1.807, 2.05) is 60.1 Å². The van der Waals surface area contributed by atoms with Gasteiger partial charge in [0.1, 0.15) is 17.5 Å². The number of esters is 1. The third kappa shape index (κ3) is 3.04. The van der Waals surface area contributed by atoms with E-state index < -0.39 is 12.0 Å². The van der Waals surface area contributed by atoms with E-state index in [-0.39, 0.29) is 11.8 Å². The standard InChI is InChI=1S/C22H21N3O4/c1-13(26)25-20(15-9-11-16(28-4)12-10-15)19-17-7-5-6-8-18(17)24(3)21(19)22(23-25)29-14(2)27/h5-12,20H,1-4H3. The number of para-hydroxylation sites is 1. The van der Waals surface area contributed by atoms with Gasteiger partial charge >= 0.3 is 5.97 Å².